The first-order valence-electron chi connectivity index (χ1n) is 5.25. The van der Waals surface area contributed by atoms with E-state index in [0.29, 0.717) is 0 Å². The van der Waals surface area contributed by atoms with Crippen LogP contribution in [0.1, 0.15) is 6.92 Å². The molecule has 1 aromatic heterocycles. The van der Waals surface area contributed by atoms with Crippen molar-refractivity contribution < 1.29 is 4.79 Å². The molecule has 0 atom stereocenters. The third-order valence-corrected chi connectivity index (χ3v) is 2.90. The van der Waals surface area contributed by atoms with Gasteiger partial charge in [-0.15, -0.1) is 0 Å². The Balaban J connectivity index is 2.19. The van der Waals surface area contributed by atoms with Crippen molar-refractivity contribution >= 4 is 45.7 Å². The zero-order valence-electron chi connectivity index (χ0n) is 9.64. The van der Waals surface area contributed by atoms with Crippen LogP contribution in [0.2, 0.25) is 0 Å². The first-order valence-corrected chi connectivity index (χ1v) is 6.33. The summed E-state index contributed by atoms with van der Waals surface area (Å²) in [6.45, 7) is 1.48. The summed E-state index contributed by atoms with van der Waals surface area (Å²) in [6, 6.07) is 7.45. The molecule has 0 aliphatic rings. The summed E-state index contributed by atoms with van der Waals surface area (Å²) in [6.07, 6.45) is 3.22. The Kier molecular flexibility index (Phi) is 4.08. The van der Waals surface area contributed by atoms with Crippen molar-refractivity contribution in [2.24, 2.45) is 0 Å². The lowest BCUT2D eigenvalue weighted by atomic mass is 10.2. The number of rotatable bonds is 3. The monoisotopic (exact) mass is 354 g/mol. The van der Waals surface area contributed by atoms with Crippen molar-refractivity contribution in [2.75, 3.05) is 10.6 Å². The topological polar surface area (TPSA) is 66.9 Å². The van der Waals surface area contributed by atoms with Gasteiger partial charge in [-0.1, -0.05) is 6.07 Å². The van der Waals surface area contributed by atoms with Crippen LogP contribution in [0.25, 0.3) is 0 Å². The van der Waals surface area contributed by atoms with Crippen LogP contribution in [-0.4, -0.2) is 15.9 Å². The molecule has 0 fully saturated rings. The number of hydrogen-bond acceptors (Lipinski definition) is 4. The SMILES string of the molecule is CC(=O)Nc1cccc(Nc2ncncc2I)c1. The van der Waals surface area contributed by atoms with Gasteiger partial charge >= 0.3 is 0 Å². The first-order chi connectivity index (χ1) is 8.65. The van der Waals surface area contributed by atoms with Crippen LogP contribution >= 0.6 is 22.6 Å². The van der Waals surface area contributed by atoms with Gasteiger partial charge in [0, 0.05) is 24.5 Å². The maximum Gasteiger partial charge on any atom is 0.221 e. The van der Waals surface area contributed by atoms with Gasteiger partial charge in [0.15, 0.2) is 0 Å². The fraction of sp³-hybridized carbons (Fsp3) is 0.0833. The van der Waals surface area contributed by atoms with Crippen molar-refractivity contribution in [2.45, 2.75) is 6.92 Å². The van der Waals surface area contributed by atoms with E-state index in [9.17, 15) is 4.79 Å². The van der Waals surface area contributed by atoms with Crippen LogP contribution in [0.3, 0.4) is 0 Å². The van der Waals surface area contributed by atoms with Gasteiger partial charge in [0.1, 0.15) is 12.1 Å². The van der Waals surface area contributed by atoms with Gasteiger partial charge in [-0.2, -0.15) is 0 Å². The summed E-state index contributed by atoms with van der Waals surface area (Å²) in [4.78, 5) is 19.1. The number of carbonyl (C=O) groups excluding carboxylic acids is 1. The summed E-state index contributed by atoms with van der Waals surface area (Å²) in [5.41, 5.74) is 1.61. The molecule has 2 aromatic rings. The van der Waals surface area contributed by atoms with Crippen LogP contribution in [0.15, 0.2) is 36.8 Å². The average Bonchev–Trinajstić information content (AvgIpc) is 2.32. The lowest BCUT2D eigenvalue weighted by molar-refractivity contribution is -0.114. The predicted molar refractivity (Wildman–Crippen MR) is 78.8 cm³/mol. The molecule has 1 aromatic carbocycles. The molecule has 92 valence electrons. The highest BCUT2D eigenvalue weighted by Gasteiger charge is 2.02. The van der Waals surface area contributed by atoms with Gasteiger partial charge in [0.2, 0.25) is 5.91 Å². The molecule has 0 bridgehead atoms. The molecule has 18 heavy (non-hydrogen) atoms. The van der Waals surface area contributed by atoms with Crippen molar-refractivity contribution in [1.29, 1.82) is 0 Å². The summed E-state index contributed by atoms with van der Waals surface area (Å²) >= 11 is 2.16. The Hall–Kier alpha value is -1.70. The standard InChI is InChI=1S/C12H11IN4O/c1-8(18)16-9-3-2-4-10(5-9)17-12-11(13)6-14-7-15-12/h2-7H,1H3,(H,16,18)(H,14,15,17). The zero-order valence-corrected chi connectivity index (χ0v) is 11.8. The number of anilines is 3. The highest BCUT2D eigenvalue weighted by molar-refractivity contribution is 14.1. The molecule has 1 amide bonds. The fourth-order valence-corrected chi connectivity index (χ4v) is 1.85. The van der Waals surface area contributed by atoms with Crippen molar-refractivity contribution in [3.8, 4) is 0 Å². The summed E-state index contributed by atoms with van der Waals surface area (Å²) in [5.74, 6) is 0.648. The number of hydrogen-bond donors (Lipinski definition) is 2. The van der Waals surface area contributed by atoms with Gasteiger partial charge in [-0.3, -0.25) is 4.79 Å². The van der Waals surface area contributed by atoms with E-state index < -0.39 is 0 Å². The highest BCUT2D eigenvalue weighted by Crippen LogP contribution is 2.21. The van der Waals surface area contributed by atoms with E-state index in [4.69, 9.17) is 0 Å². The molecule has 0 radical (unpaired) electrons. The van der Waals surface area contributed by atoms with E-state index >= 15 is 0 Å². The molecule has 0 unspecified atom stereocenters. The van der Waals surface area contributed by atoms with Gasteiger partial charge in [-0.25, -0.2) is 9.97 Å². The first kappa shape index (κ1) is 12.7. The minimum absolute atomic E-state index is 0.0937. The highest BCUT2D eigenvalue weighted by atomic mass is 127. The smallest absolute Gasteiger partial charge is 0.221 e. The minimum Gasteiger partial charge on any atom is -0.339 e. The average molecular weight is 354 g/mol. The molecule has 0 aliphatic heterocycles. The predicted octanol–water partition coefficient (Wildman–Crippen LogP) is 2.78. The number of carbonyl (C=O) groups is 1. The third-order valence-electron chi connectivity index (χ3n) is 2.11. The molecule has 2 rings (SSSR count). The van der Waals surface area contributed by atoms with Gasteiger partial charge in [-0.05, 0) is 40.8 Å². The Morgan fingerprint density at radius 1 is 1.33 bits per heavy atom. The largest absolute Gasteiger partial charge is 0.339 e. The molecule has 0 saturated carbocycles. The van der Waals surface area contributed by atoms with Gasteiger partial charge in [0.25, 0.3) is 0 Å². The maximum atomic E-state index is 11.0. The number of nitrogens with zero attached hydrogens (tertiary/aromatic N) is 2. The number of amides is 1. The second-order valence-corrected chi connectivity index (χ2v) is 4.77. The second kappa shape index (κ2) is 5.76. The molecule has 6 heteroatoms. The van der Waals surface area contributed by atoms with E-state index in [1.54, 1.807) is 6.20 Å². The quantitative estimate of drug-likeness (QED) is 0.832. The van der Waals surface area contributed by atoms with Crippen LogP contribution < -0.4 is 10.6 Å². The normalized spacial score (nSPS) is 9.89. The van der Waals surface area contributed by atoms with E-state index in [-0.39, 0.29) is 5.91 Å². The molecule has 0 aliphatic carbocycles. The van der Waals surface area contributed by atoms with Gasteiger partial charge < -0.3 is 10.6 Å². The lowest BCUT2D eigenvalue weighted by Crippen LogP contribution is -2.06. The van der Waals surface area contributed by atoms with Crippen molar-refractivity contribution in [3.05, 3.63) is 40.4 Å². The van der Waals surface area contributed by atoms with E-state index in [2.05, 4.69) is 43.2 Å². The van der Waals surface area contributed by atoms with Crippen LogP contribution in [0.4, 0.5) is 17.2 Å². The number of nitrogens with one attached hydrogen (secondary N) is 2. The van der Waals surface area contributed by atoms with Gasteiger partial charge in [0.05, 0.1) is 3.57 Å². The Morgan fingerprint density at radius 2 is 2.11 bits per heavy atom. The molecule has 5 nitrogen and oxygen atoms in total. The Labute approximate surface area is 118 Å². The Bertz CT molecular complexity index is 574. The number of benzene rings is 1. The number of aromatic nitrogens is 2. The third kappa shape index (κ3) is 3.39. The molecule has 0 spiro atoms. The molecular weight excluding hydrogens is 343 g/mol. The maximum absolute atomic E-state index is 11.0. The van der Waals surface area contributed by atoms with Crippen LogP contribution in [-0.2, 0) is 4.79 Å². The second-order valence-electron chi connectivity index (χ2n) is 3.61. The number of halogens is 1. The van der Waals surface area contributed by atoms with Crippen molar-refractivity contribution in [3.63, 3.8) is 0 Å². The van der Waals surface area contributed by atoms with Crippen molar-refractivity contribution in [1.82, 2.24) is 9.97 Å². The van der Waals surface area contributed by atoms with E-state index in [1.807, 2.05) is 24.3 Å². The molecule has 0 saturated heterocycles. The summed E-state index contributed by atoms with van der Waals surface area (Å²) < 4.78 is 0.931. The summed E-state index contributed by atoms with van der Waals surface area (Å²) in [7, 11) is 0. The van der Waals surface area contributed by atoms with Crippen LogP contribution in [0, 0.1) is 3.57 Å². The fourth-order valence-electron chi connectivity index (χ4n) is 1.42. The zero-order chi connectivity index (χ0) is 13.0. The van der Waals surface area contributed by atoms with E-state index in [1.165, 1.54) is 13.3 Å². The molecular formula is C12H11IN4O. The Morgan fingerprint density at radius 3 is 2.83 bits per heavy atom. The van der Waals surface area contributed by atoms with E-state index in [0.717, 1.165) is 20.8 Å². The lowest BCUT2D eigenvalue weighted by Gasteiger charge is -2.08. The van der Waals surface area contributed by atoms with Crippen LogP contribution in [0.5, 0.6) is 0 Å². The minimum atomic E-state index is -0.0937. The molecule has 2 N–H and O–H groups in total. The molecule has 1 heterocycles. The summed E-state index contributed by atoms with van der Waals surface area (Å²) in [5, 5.41) is 5.91.